The summed E-state index contributed by atoms with van der Waals surface area (Å²) >= 11 is 0. The van der Waals surface area contributed by atoms with Crippen molar-refractivity contribution in [2.75, 3.05) is 0 Å². The van der Waals surface area contributed by atoms with Crippen LogP contribution in [0.4, 0.5) is 0 Å². The van der Waals surface area contributed by atoms with Crippen molar-refractivity contribution in [3.05, 3.63) is 41.5 Å². The van der Waals surface area contributed by atoms with E-state index >= 15 is 0 Å². The minimum absolute atomic E-state index is 0.0740. The number of aliphatic hydroxyl groups is 1. The maximum absolute atomic E-state index is 13.0. The number of hydrogen-bond donors (Lipinski definition) is 1. The first-order valence-electron chi connectivity index (χ1n) is 11.8. The van der Waals surface area contributed by atoms with E-state index in [4.69, 9.17) is 0 Å². The molecule has 4 fully saturated rings. The fraction of sp³-hybridized carbons (Fsp3) is 0.667. The molecule has 5 rings (SSSR count). The van der Waals surface area contributed by atoms with Gasteiger partial charge in [0.2, 0.25) is 0 Å². The Bertz CT molecular complexity index is 837. The lowest BCUT2D eigenvalue weighted by Gasteiger charge is -2.61. The molecular formula is C27H36O2. The van der Waals surface area contributed by atoms with Gasteiger partial charge in [-0.1, -0.05) is 44.2 Å². The SMILES string of the molecule is C[C@]12CC(=Cc3ccccc3)C(=O)C[C@@H]1CC[C@H]1[C@@H]2CC[C@@]2(C)[C@H]1CC[C@]2(C)O. The molecule has 1 aromatic carbocycles. The lowest BCUT2D eigenvalue weighted by Crippen LogP contribution is -2.56. The molecule has 2 heteroatoms. The number of benzene rings is 1. The summed E-state index contributed by atoms with van der Waals surface area (Å²) in [5.41, 5.74) is 1.98. The maximum atomic E-state index is 13.0. The number of ketones is 1. The van der Waals surface area contributed by atoms with Crippen LogP contribution in [0.5, 0.6) is 0 Å². The number of Topliss-reactive ketones (excluding diaryl/α,β-unsaturated/α-hetero) is 1. The molecule has 4 aliphatic rings. The minimum Gasteiger partial charge on any atom is -0.390 e. The summed E-state index contributed by atoms with van der Waals surface area (Å²) in [6, 6.07) is 10.3. The molecule has 0 unspecified atom stereocenters. The van der Waals surface area contributed by atoms with Gasteiger partial charge >= 0.3 is 0 Å². The molecule has 156 valence electrons. The molecule has 0 bridgehead atoms. The van der Waals surface area contributed by atoms with Gasteiger partial charge < -0.3 is 5.11 Å². The van der Waals surface area contributed by atoms with Crippen molar-refractivity contribution >= 4 is 11.9 Å². The topological polar surface area (TPSA) is 37.3 Å². The van der Waals surface area contributed by atoms with Crippen LogP contribution < -0.4 is 0 Å². The zero-order valence-corrected chi connectivity index (χ0v) is 18.3. The van der Waals surface area contributed by atoms with E-state index in [1.165, 1.54) is 25.7 Å². The van der Waals surface area contributed by atoms with E-state index in [2.05, 4.69) is 51.1 Å². The van der Waals surface area contributed by atoms with E-state index < -0.39 is 5.60 Å². The van der Waals surface area contributed by atoms with E-state index in [9.17, 15) is 9.90 Å². The predicted molar refractivity (Wildman–Crippen MR) is 117 cm³/mol. The van der Waals surface area contributed by atoms with Gasteiger partial charge in [0, 0.05) is 6.42 Å². The summed E-state index contributed by atoms with van der Waals surface area (Å²) in [6.07, 6.45) is 10.8. The summed E-state index contributed by atoms with van der Waals surface area (Å²) < 4.78 is 0. The Morgan fingerprint density at radius 2 is 1.69 bits per heavy atom. The lowest BCUT2D eigenvalue weighted by atomic mass is 9.44. The van der Waals surface area contributed by atoms with Gasteiger partial charge in [0.1, 0.15) is 0 Å². The van der Waals surface area contributed by atoms with Crippen LogP contribution in [-0.2, 0) is 4.79 Å². The van der Waals surface area contributed by atoms with Crippen molar-refractivity contribution in [1.29, 1.82) is 0 Å². The first-order valence-corrected chi connectivity index (χ1v) is 11.8. The molecule has 0 spiro atoms. The first kappa shape index (κ1) is 19.5. The summed E-state index contributed by atoms with van der Waals surface area (Å²) in [6.45, 7) is 6.94. The second kappa shape index (κ2) is 6.54. The van der Waals surface area contributed by atoms with Gasteiger partial charge in [0.05, 0.1) is 5.60 Å². The highest BCUT2D eigenvalue weighted by molar-refractivity contribution is 6.00. The molecule has 1 aromatic rings. The fourth-order valence-corrected chi connectivity index (χ4v) is 8.13. The maximum Gasteiger partial charge on any atom is 0.159 e. The molecule has 29 heavy (non-hydrogen) atoms. The van der Waals surface area contributed by atoms with Gasteiger partial charge in [-0.05, 0) is 104 Å². The van der Waals surface area contributed by atoms with Crippen molar-refractivity contribution in [3.8, 4) is 0 Å². The minimum atomic E-state index is -0.513. The van der Waals surface area contributed by atoms with Crippen LogP contribution in [0.3, 0.4) is 0 Å². The van der Waals surface area contributed by atoms with Gasteiger partial charge in [-0.25, -0.2) is 0 Å². The van der Waals surface area contributed by atoms with Gasteiger partial charge in [-0.2, -0.15) is 0 Å². The van der Waals surface area contributed by atoms with Crippen molar-refractivity contribution in [3.63, 3.8) is 0 Å². The number of hydrogen-bond acceptors (Lipinski definition) is 2. The molecule has 0 amide bonds. The van der Waals surface area contributed by atoms with Gasteiger partial charge in [-0.3, -0.25) is 4.79 Å². The summed E-state index contributed by atoms with van der Waals surface area (Å²) in [4.78, 5) is 13.0. The molecule has 0 aliphatic heterocycles. The number of rotatable bonds is 1. The van der Waals surface area contributed by atoms with Crippen LogP contribution in [0.2, 0.25) is 0 Å². The molecule has 0 saturated heterocycles. The first-order chi connectivity index (χ1) is 13.7. The average molecular weight is 393 g/mol. The predicted octanol–water partition coefficient (Wildman–Crippen LogP) is 6.04. The molecule has 4 aliphatic carbocycles. The zero-order chi connectivity index (χ0) is 20.4. The number of fused-ring (bicyclic) bond motifs is 5. The van der Waals surface area contributed by atoms with E-state index in [1.807, 2.05) is 6.07 Å². The third-order valence-corrected chi connectivity index (χ3v) is 10.1. The average Bonchev–Trinajstić information content (AvgIpc) is 2.93. The van der Waals surface area contributed by atoms with E-state index in [0.29, 0.717) is 23.5 Å². The van der Waals surface area contributed by atoms with Crippen LogP contribution in [-0.4, -0.2) is 16.5 Å². The van der Waals surface area contributed by atoms with E-state index in [-0.39, 0.29) is 10.8 Å². The standard InChI is InChI=1S/C27H36O2/c1-25-17-19(15-18-7-5-4-6-8-18)24(28)16-20(25)9-10-21-22(25)11-13-26(2)23(21)12-14-27(26,3)29/h4-8,15,20-23,29H,9-14,16-17H2,1-3H3/t20-,21-,22-,23-,25-,26-,27-/m0/s1. The molecule has 2 nitrogen and oxygen atoms in total. The smallest absolute Gasteiger partial charge is 0.159 e. The normalized spacial score (nSPS) is 48.1. The number of allylic oxidation sites excluding steroid dienone is 1. The van der Waals surface area contributed by atoms with Crippen molar-refractivity contribution in [1.82, 2.24) is 0 Å². The molecule has 4 saturated carbocycles. The van der Waals surface area contributed by atoms with Crippen LogP contribution in [0.15, 0.2) is 35.9 Å². The van der Waals surface area contributed by atoms with E-state index in [1.54, 1.807) is 0 Å². The largest absolute Gasteiger partial charge is 0.390 e. The third kappa shape index (κ3) is 2.81. The van der Waals surface area contributed by atoms with Crippen LogP contribution in [0.25, 0.3) is 6.08 Å². The molecule has 1 N–H and O–H groups in total. The second-order valence-electron chi connectivity index (χ2n) is 11.3. The monoisotopic (exact) mass is 392 g/mol. The Morgan fingerprint density at radius 1 is 0.966 bits per heavy atom. The van der Waals surface area contributed by atoms with Crippen LogP contribution in [0, 0.1) is 34.5 Å². The molecule has 0 aromatic heterocycles. The Kier molecular flexibility index (Phi) is 4.41. The fourth-order valence-electron chi connectivity index (χ4n) is 8.13. The number of carbonyl (C=O) groups excluding carboxylic acids is 1. The van der Waals surface area contributed by atoms with Gasteiger partial charge in [0.15, 0.2) is 5.78 Å². The van der Waals surface area contributed by atoms with Crippen molar-refractivity contribution < 1.29 is 9.90 Å². The Labute approximate surface area is 175 Å². The molecule has 7 atom stereocenters. The Morgan fingerprint density at radius 3 is 2.45 bits per heavy atom. The van der Waals surface area contributed by atoms with E-state index in [0.717, 1.165) is 42.7 Å². The van der Waals surface area contributed by atoms with Crippen molar-refractivity contribution in [2.45, 2.75) is 77.7 Å². The summed E-state index contributed by atoms with van der Waals surface area (Å²) in [7, 11) is 0. The lowest BCUT2D eigenvalue weighted by molar-refractivity contribution is -0.147. The van der Waals surface area contributed by atoms with Crippen LogP contribution >= 0.6 is 0 Å². The number of carbonyl (C=O) groups is 1. The van der Waals surface area contributed by atoms with Gasteiger partial charge in [-0.15, -0.1) is 0 Å². The Balaban J connectivity index is 1.46. The third-order valence-electron chi connectivity index (χ3n) is 10.1. The summed E-state index contributed by atoms with van der Waals surface area (Å²) in [5.74, 6) is 2.97. The van der Waals surface area contributed by atoms with Crippen LogP contribution in [0.1, 0.15) is 77.7 Å². The Hall–Kier alpha value is -1.41. The van der Waals surface area contributed by atoms with Gasteiger partial charge in [0.25, 0.3) is 0 Å². The highest BCUT2D eigenvalue weighted by Crippen LogP contribution is 2.68. The molecule has 0 radical (unpaired) electrons. The quantitative estimate of drug-likeness (QED) is 0.591. The summed E-state index contributed by atoms with van der Waals surface area (Å²) in [5, 5.41) is 11.1. The molecular weight excluding hydrogens is 356 g/mol. The highest BCUT2D eigenvalue weighted by Gasteiger charge is 2.63. The second-order valence-corrected chi connectivity index (χ2v) is 11.3. The van der Waals surface area contributed by atoms with Crippen molar-refractivity contribution in [2.24, 2.45) is 34.5 Å². The highest BCUT2D eigenvalue weighted by atomic mass is 16.3. The molecule has 0 heterocycles. The zero-order valence-electron chi connectivity index (χ0n) is 18.3.